The van der Waals surface area contributed by atoms with Gasteiger partial charge in [0.25, 0.3) is 10.0 Å². The van der Waals surface area contributed by atoms with E-state index in [2.05, 4.69) is 26.1 Å². The average molecular weight is 354 g/mol. The van der Waals surface area contributed by atoms with Crippen LogP contribution in [-0.2, 0) is 21.3 Å². The van der Waals surface area contributed by atoms with Gasteiger partial charge in [-0.2, -0.15) is 0 Å². The molecule has 0 amide bonds. The largest absolute Gasteiger partial charge is 0.452 e. The maximum atomic E-state index is 12.2. The molecule has 0 spiro atoms. The van der Waals surface area contributed by atoms with E-state index in [-0.39, 0.29) is 9.56 Å². The number of halogens is 1. The molecule has 19 heavy (non-hydrogen) atoms. The van der Waals surface area contributed by atoms with E-state index in [1.165, 1.54) is 6.07 Å². The lowest BCUT2D eigenvalue weighted by atomic mass is 10.4. The number of hydrazine groups is 1. The van der Waals surface area contributed by atoms with Crippen molar-refractivity contribution in [2.45, 2.75) is 11.4 Å². The Kier molecular flexibility index (Phi) is 4.98. The topological polar surface area (TPSA) is 83.8 Å². The van der Waals surface area contributed by atoms with Crippen molar-refractivity contribution < 1.29 is 17.6 Å². The van der Waals surface area contributed by atoms with Gasteiger partial charge >= 0.3 is 0 Å². The SMILES string of the molecule is CNCc1cc(S(=O)(=O)NN2CCOCC2)c(Br)o1. The highest BCUT2D eigenvalue weighted by molar-refractivity contribution is 9.10. The summed E-state index contributed by atoms with van der Waals surface area (Å²) in [5.74, 6) is 0.553. The zero-order valence-corrected chi connectivity index (χ0v) is 12.9. The third-order valence-corrected chi connectivity index (χ3v) is 4.84. The number of nitrogens with zero attached hydrogens (tertiary/aromatic N) is 1. The first-order valence-electron chi connectivity index (χ1n) is 5.81. The molecule has 2 heterocycles. The second-order valence-corrected chi connectivity index (χ2v) is 6.42. The molecule has 0 unspecified atom stereocenters. The molecule has 7 nitrogen and oxygen atoms in total. The van der Waals surface area contributed by atoms with E-state index in [4.69, 9.17) is 9.15 Å². The monoisotopic (exact) mass is 353 g/mol. The van der Waals surface area contributed by atoms with Gasteiger partial charge in [0.05, 0.1) is 19.8 Å². The Morgan fingerprint density at radius 1 is 1.42 bits per heavy atom. The van der Waals surface area contributed by atoms with Crippen molar-refractivity contribution in [3.8, 4) is 0 Å². The highest BCUT2D eigenvalue weighted by atomic mass is 79.9. The highest BCUT2D eigenvalue weighted by Gasteiger charge is 2.25. The molecule has 0 aliphatic carbocycles. The van der Waals surface area contributed by atoms with Gasteiger partial charge in [-0.25, -0.2) is 13.4 Å². The van der Waals surface area contributed by atoms with Crippen LogP contribution in [0.5, 0.6) is 0 Å². The molecule has 0 bridgehead atoms. The molecule has 1 saturated heterocycles. The average Bonchev–Trinajstić information content (AvgIpc) is 2.72. The third kappa shape index (κ3) is 3.77. The fourth-order valence-corrected chi connectivity index (χ4v) is 3.84. The van der Waals surface area contributed by atoms with Crippen molar-refractivity contribution in [2.24, 2.45) is 0 Å². The molecule has 2 rings (SSSR count). The van der Waals surface area contributed by atoms with Crippen LogP contribution in [-0.4, -0.2) is 46.8 Å². The number of nitrogens with one attached hydrogen (secondary N) is 2. The van der Waals surface area contributed by atoms with E-state index in [0.29, 0.717) is 38.6 Å². The van der Waals surface area contributed by atoms with Crippen molar-refractivity contribution in [3.05, 3.63) is 16.5 Å². The fourth-order valence-electron chi connectivity index (χ4n) is 1.72. The number of hydrogen-bond donors (Lipinski definition) is 2. The summed E-state index contributed by atoms with van der Waals surface area (Å²) in [6.07, 6.45) is 0. The minimum absolute atomic E-state index is 0.101. The molecule has 0 radical (unpaired) electrons. The lowest BCUT2D eigenvalue weighted by Gasteiger charge is -2.26. The van der Waals surface area contributed by atoms with Gasteiger partial charge in [0.15, 0.2) is 4.67 Å². The fraction of sp³-hybridized carbons (Fsp3) is 0.600. The first kappa shape index (κ1) is 14.9. The lowest BCUT2D eigenvalue weighted by molar-refractivity contribution is 0.0272. The molecule has 2 N–H and O–H groups in total. The van der Waals surface area contributed by atoms with E-state index >= 15 is 0 Å². The Bertz CT molecular complexity index is 525. The summed E-state index contributed by atoms with van der Waals surface area (Å²) >= 11 is 3.13. The molecule has 0 saturated carbocycles. The number of rotatable bonds is 5. The molecule has 1 aromatic heterocycles. The van der Waals surface area contributed by atoms with E-state index in [1.54, 1.807) is 12.1 Å². The van der Waals surface area contributed by atoms with Crippen LogP contribution in [0.3, 0.4) is 0 Å². The maximum absolute atomic E-state index is 12.2. The quantitative estimate of drug-likeness (QED) is 0.791. The zero-order valence-electron chi connectivity index (χ0n) is 10.5. The summed E-state index contributed by atoms with van der Waals surface area (Å²) in [4.78, 5) is 2.62. The number of morpholine rings is 1. The molecule has 0 atom stereocenters. The van der Waals surface area contributed by atoms with Gasteiger partial charge in [-0.15, -0.1) is 4.83 Å². The maximum Gasteiger partial charge on any atom is 0.257 e. The van der Waals surface area contributed by atoms with Crippen LogP contribution < -0.4 is 10.1 Å². The summed E-state index contributed by atoms with van der Waals surface area (Å²) < 4.78 is 35.2. The highest BCUT2D eigenvalue weighted by Crippen LogP contribution is 2.26. The molecular weight excluding hydrogens is 338 g/mol. The van der Waals surface area contributed by atoms with Crippen LogP contribution in [0.1, 0.15) is 5.76 Å². The Morgan fingerprint density at radius 2 is 2.11 bits per heavy atom. The van der Waals surface area contributed by atoms with Crippen LogP contribution in [0.2, 0.25) is 0 Å². The first-order valence-corrected chi connectivity index (χ1v) is 8.08. The summed E-state index contributed by atoms with van der Waals surface area (Å²) in [6, 6.07) is 1.50. The number of sulfonamides is 1. The standard InChI is InChI=1S/C10H16BrN3O4S/c1-12-7-8-6-9(10(11)18-8)19(15,16)13-14-2-4-17-5-3-14/h6,12-13H,2-5,7H2,1H3. The number of ether oxygens (including phenoxy) is 1. The molecule has 1 aliphatic rings. The van der Waals surface area contributed by atoms with Gasteiger partial charge in [-0.3, -0.25) is 0 Å². The Morgan fingerprint density at radius 3 is 2.74 bits per heavy atom. The minimum Gasteiger partial charge on any atom is -0.452 e. The smallest absolute Gasteiger partial charge is 0.257 e. The second kappa shape index (κ2) is 6.33. The molecule has 108 valence electrons. The van der Waals surface area contributed by atoms with Crippen molar-refractivity contribution in [1.29, 1.82) is 0 Å². The summed E-state index contributed by atoms with van der Waals surface area (Å²) in [7, 11) is -1.88. The van der Waals surface area contributed by atoms with Crippen molar-refractivity contribution in [3.63, 3.8) is 0 Å². The predicted molar refractivity (Wildman–Crippen MR) is 71.9 cm³/mol. The van der Waals surface area contributed by atoms with Crippen molar-refractivity contribution in [2.75, 3.05) is 33.4 Å². The van der Waals surface area contributed by atoms with Gasteiger partial charge < -0.3 is 14.5 Å². The number of furan rings is 1. The second-order valence-electron chi connectivity index (χ2n) is 4.08. The van der Waals surface area contributed by atoms with E-state index in [1.807, 2.05) is 0 Å². The Balaban J connectivity index is 2.14. The number of hydrogen-bond acceptors (Lipinski definition) is 6. The molecular formula is C10H16BrN3O4S. The minimum atomic E-state index is -3.64. The zero-order chi connectivity index (χ0) is 13.9. The Hall–Kier alpha value is -0.450. The molecule has 9 heteroatoms. The van der Waals surface area contributed by atoms with Crippen molar-refractivity contribution in [1.82, 2.24) is 15.2 Å². The van der Waals surface area contributed by atoms with Crippen LogP contribution in [0.25, 0.3) is 0 Å². The molecule has 1 aliphatic heterocycles. The van der Waals surface area contributed by atoms with Gasteiger partial charge in [0.2, 0.25) is 0 Å². The summed E-state index contributed by atoms with van der Waals surface area (Å²) in [5, 5.41) is 4.52. The molecule has 1 fully saturated rings. The van der Waals surface area contributed by atoms with Gasteiger partial charge in [0, 0.05) is 19.2 Å². The van der Waals surface area contributed by atoms with Gasteiger partial charge in [-0.05, 0) is 23.0 Å². The normalized spacial score (nSPS) is 17.8. The van der Waals surface area contributed by atoms with Crippen LogP contribution >= 0.6 is 15.9 Å². The molecule has 1 aromatic rings. The van der Waals surface area contributed by atoms with Crippen LogP contribution in [0.4, 0.5) is 0 Å². The first-order chi connectivity index (χ1) is 9.03. The van der Waals surface area contributed by atoms with E-state index in [0.717, 1.165) is 0 Å². The third-order valence-electron chi connectivity index (χ3n) is 2.61. The molecule has 0 aromatic carbocycles. The summed E-state index contributed by atoms with van der Waals surface area (Å²) in [6.45, 7) is 2.54. The van der Waals surface area contributed by atoms with E-state index < -0.39 is 10.0 Å². The van der Waals surface area contributed by atoms with Gasteiger partial charge in [0.1, 0.15) is 10.7 Å². The van der Waals surface area contributed by atoms with E-state index in [9.17, 15) is 8.42 Å². The predicted octanol–water partition coefficient (Wildman–Crippen LogP) is 0.287. The van der Waals surface area contributed by atoms with Gasteiger partial charge in [-0.1, -0.05) is 0 Å². The van der Waals surface area contributed by atoms with Crippen LogP contribution in [0, 0.1) is 0 Å². The van der Waals surface area contributed by atoms with Crippen LogP contribution in [0.15, 0.2) is 20.0 Å². The lowest BCUT2D eigenvalue weighted by Crippen LogP contribution is -2.48. The summed E-state index contributed by atoms with van der Waals surface area (Å²) in [5.41, 5.74) is 0. The van der Waals surface area contributed by atoms with Crippen molar-refractivity contribution >= 4 is 26.0 Å². The Labute approximate surface area is 120 Å².